The molecule has 0 aromatic heterocycles. The third-order valence-electron chi connectivity index (χ3n) is 4.55. The zero-order chi connectivity index (χ0) is 14.3. The van der Waals surface area contributed by atoms with Crippen molar-refractivity contribution in [1.82, 2.24) is 5.32 Å². The van der Waals surface area contributed by atoms with E-state index in [1.165, 1.54) is 19.3 Å². The van der Waals surface area contributed by atoms with Crippen LogP contribution in [0.4, 0.5) is 0 Å². The van der Waals surface area contributed by atoms with Crippen molar-refractivity contribution in [3.05, 3.63) is 0 Å². The molecule has 1 saturated carbocycles. The zero-order valence-corrected chi connectivity index (χ0v) is 13.0. The Balaban J connectivity index is 2.33. The summed E-state index contributed by atoms with van der Waals surface area (Å²) in [6.45, 7) is 7.45. The van der Waals surface area contributed by atoms with Crippen LogP contribution in [0.3, 0.4) is 0 Å². The minimum absolute atomic E-state index is 0.237. The van der Waals surface area contributed by atoms with E-state index in [0.29, 0.717) is 30.2 Å². The van der Waals surface area contributed by atoms with Crippen molar-refractivity contribution in [2.45, 2.75) is 71.8 Å². The zero-order valence-electron chi connectivity index (χ0n) is 13.0. The summed E-state index contributed by atoms with van der Waals surface area (Å²) in [5.74, 6) is 2.13. The molecule has 0 spiro atoms. The molecule has 1 amide bonds. The average molecular weight is 268 g/mol. The topological polar surface area (TPSA) is 55.1 Å². The second kappa shape index (κ2) is 8.57. The molecule has 3 heteroatoms. The third-order valence-corrected chi connectivity index (χ3v) is 4.55. The molecule has 3 nitrogen and oxygen atoms in total. The first-order chi connectivity index (χ1) is 9.04. The summed E-state index contributed by atoms with van der Waals surface area (Å²) in [6, 6.07) is 0.408. The number of hydrogen-bond donors (Lipinski definition) is 2. The molecule has 0 saturated heterocycles. The summed E-state index contributed by atoms with van der Waals surface area (Å²) in [5.41, 5.74) is 5.54. The highest BCUT2D eigenvalue weighted by Crippen LogP contribution is 2.30. The van der Waals surface area contributed by atoms with E-state index in [1.807, 2.05) is 0 Å². The molecule has 0 bridgehead atoms. The highest BCUT2D eigenvalue weighted by molar-refractivity contribution is 5.76. The molecule has 0 aliphatic heterocycles. The smallest absolute Gasteiger partial charge is 0.220 e. The summed E-state index contributed by atoms with van der Waals surface area (Å²) in [7, 11) is 0. The second-order valence-corrected chi connectivity index (χ2v) is 6.59. The Hall–Kier alpha value is -0.570. The number of rotatable bonds is 7. The van der Waals surface area contributed by atoms with Gasteiger partial charge in [0.05, 0.1) is 0 Å². The van der Waals surface area contributed by atoms with Crippen molar-refractivity contribution in [3.8, 4) is 0 Å². The van der Waals surface area contributed by atoms with Gasteiger partial charge in [-0.1, -0.05) is 33.6 Å². The number of carbonyl (C=O) groups excluding carboxylic acids is 1. The summed E-state index contributed by atoms with van der Waals surface area (Å²) < 4.78 is 0. The fourth-order valence-electron chi connectivity index (χ4n) is 3.22. The van der Waals surface area contributed by atoms with E-state index < -0.39 is 0 Å². The van der Waals surface area contributed by atoms with Gasteiger partial charge < -0.3 is 11.1 Å². The van der Waals surface area contributed by atoms with Crippen LogP contribution in [0.5, 0.6) is 0 Å². The lowest BCUT2D eigenvalue weighted by Crippen LogP contribution is -2.43. The second-order valence-electron chi connectivity index (χ2n) is 6.59. The van der Waals surface area contributed by atoms with E-state index in [4.69, 9.17) is 5.73 Å². The number of carbonyl (C=O) groups is 1. The van der Waals surface area contributed by atoms with Crippen LogP contribution in [0.2, 0.25) is 0 Å². The predicted molar refractivity (Wildman–Crippen MR) is 80.8 cm³/mol. The van der Waals surface area contributed by atoms with Crippen molar-refractivity contribution in [1.29, 1.82) is 0 Å². The highest BCUT2D eigenvalue weighted by Gasteiger charge is 2.28. The Labute approximate surface area is 118 Å². The number of nitrogens with one attached hydrogen (secondary N) is 1. The molecule has 3 N–H and O–H groups in total. The maximum Gasteiger partial charge on any atom is 0.220 e. The Morgan fingerprint density at radius 3 is 2.53 bits per heavy atom. The first kappa shape index (κ1) is 16.5. The van der Waals surface area contributed by atoms with Crippen LogP contribution in [0.25, 0.3) is 0 Å². The Bertz CT molecular complexity index is 265. The van der Waals surface area contributed by atoms with Crippen LogP contribution in [0.1, 0.15) is 65.7 Å². The lowest BCUT2D eigenvalue weighted by atomic mass is 9.78. The molecule has 0 heterocycles. The molecule has 1 rings (SSSR count). The lowest BCUT2D eigenvalue weighted by Gasteiger charge is -2.35. The molecule has 3 unspecified atom stereocenters. The summed E-state index contributed by atoms with van der Waals surface area (Å²) in [4.78, 5) is 12.0. The van der Waals surface area contributed by atoms with Crippen LogP contribution in [-0.2, 0) is 4.79 Å². The van der Waals surface area contributed by atoms with Crippen molar-refractivity contribution < 1.29 is 4.79 Å². The van der Waals surface area contributed by atoms with E-state index in [9.17, 15) is 4.79 Å². The van der Waals surface area contributed by atoms with Gasteiger partial charge in [-0.25, -0.2) is 0 Å². The van der Waals surface area contributed by atoms with E-state index >= 15 is 0 Å². The van der Waals surface area contributed by atoms with Crippen LogP contribution in [0, 0.1) is 17.8 Å². The minimum atomic E-state index is 0.237. The van der Waals surface area contributed by atoms with Crippen molar-refractivity contribution in [2.24, 2.45) is 23.5 Å². The SMILES string of the molecule is CC(CCN)CCC(=O)NC1CCCCC1C(C)C. The van der Waals surface area contributed by atoms with Gasteiger partial charge in [-0.05, 0) is 50.0 Å². The molecule has 1 aliphatic carbocycles. The van der Waals surface area contributed by atoms with Gasteiger partial charge >= 0.3 is 0 Å². The summed E-state index contributed by atoms with van der Waals surface area (Å²) in [5, 5.41) is 3.28. The van der Waals surface area contributed by atoms with Crippen LogP contribution in [-0.4, -0.2) is 18.5 Å². The lowest BCUT2D eigenvalue weighted by molar-refractivity contribution is -0.122. The van der Waals surface area contributed by atoms with E-state index in [-0.39, 0.29) is 5.91 Å². The van der Waals surface area contributed by atoms with Gasteiger partial charge in [0.15, 0.2) is 0 Å². The van der Waals surface area contributed by atoms with Crippen molar-refractivity contribution >= 4 is 5.91 Å². The first-order valence-corrected chi connectivity index (χ1v) is 8.04. The van der Waals surface area contributed by atoms with Crippen molar-refractivity contribution in [2.75, 3.05) is 6.54 Å². The monoisotopic (exact) mass is 268 g/mol. The van der Waals surface area contributed by atoms with Gasteiger partial charge in [0.1, 0.15) is 0 Å². The maximum atomic E-state index is 12.0. The van der Waals surface area contributed by atoms with Gasteiger partial charge in [0, 0.05) is 12.5 Å². The summed E-state index contributed by atoms with van der Waals surface area (Å²) >= 11 is 0. The fourth-order valence-corrected chi connectivity index (χ4v) is 3.22. The molecule has 1 aliphatic rings. The Morgan fingerprint density at radius 1 is 1.21 bits per heavy atom. The molecule has 0 radical (unpaired) electrons. The highest BCUT2D eigenvalue weighted by atomic mass is 16.1. The van der Waals surface area contributed by atoms with E-state index in [0.717, 1.165) is 25.8 Å². The molecular weight excluding hydrogens is 236 g/mol. The molecule has 3 atom stereocenters. The maximum absolute atomic E-state index is 12.0. The standard InChI is InChI=1S/C16H32N2O/c1-12(2)14-6-4-5-7-15(14)18-16(19)9-8-13(3)10-11-17/h12-15H,4-11,17H2,1-3H3,(H,18,19). The number of amides is 1. The quantitative estimate of drug-likeness (QED) is 0.745. The molecule has 112 valence electrons. The molecule has 1 fully saturated rings. The predicted octanol–water partition coefficient (Wildman–Crippen LogP) is 3.08. The summed E-state index contributed by atoms with van der Waals surface area (Å²) in [6.07, 6.45) is 7.65. The van der Waals surface area contributed by atoms with Crippen LogP contribution in [0.15, 0.2) is 0 Å². The van der Waals surface area contributed by atoms with Gasteiger partial charge in [-0.15, -0.1) is 0 Å². The van der Waals surface area contributed by atoms with E-state index in [2.05, 4.69) is 26.1 Å². The van der Waals surface area contributed by atoms with Crippen LogP contribution < -0.4 is 11.1 Å². The van der Waals surface area contributed by atoms with Crippen molar-refractivity contribution in [3.63, 3.8) is 0 Å². The van der Waals surface area contributed by atoms with Crippen LogP contribution >= 0.6 is 0 Å². The van der Waals surface area contributed by atoms with Gasteiger partial charge in [0.25, 0.3) is 0 Å². The molecule has 19 heavy (non-hydrogen) atoms. The fraction of sp³-hybridized carbons (Fsp3) is 0.938. The number of nitrogens with two attached hydrogens (primary N) is 1. The van der Waals surface area contributed by atoms with Gasteiger partial charge in [0.2, 0.25) is 5.91 Å². The largest absolute Gasteiger partial charge is 0.353 e. The normalized spacial score (nSPS) is 25.3. The first-order valence-electron chi connectivity index (χ1n) is 8.04. The van der Waals surface area contributed by atoms with Gasteiger partial charge in [-0.2, -0.15) is 0 Å². The van der Waals surface area contributed by atoms with Gasteiger partial charge in [-0.3, -0.25) is 4.79 Å². The Kier molecular flexibility index (Phi) is 7.44. The number of hydrogen-bond acceptors (Lipinski definition) is 2. The Morgan fingerprint density at radius 2 is 1.89 bits per heavy atom. The minimum Gasteiger partial charge on any atom is -0.353 e. The molecule has 0 aromatic carbocycles. The molecule has 0 aromatic rings. The third kappa shape index (κ3) is 5.94. The molecular formula is C16H32N2O. The average Bonchev–Trinajstić information content (AvgIpc) is 2.37. The van der Waals surface area contributed by atoms with E-state index in [1.54, 1.807) is 0 Å².